The third kappa shape index (κ3) is 3.13. The molecule has 3 aromatic rings. The highest BCUT2D eigenvalue weighted by Gasteiger charge is 2.22. The molecule has 0 bridgehead atoms. The van der Waals surface area contributed by atoms with Crippen LogP contribution in [0.25, 0.3) is 10.8 Å². The Morgan fingerprint density at radius 1 is 0.846 bits per heavy atom. The lowest BCUT2D eigenvalue weighted by Gasteiger charge is -2.13. The minimum absolute atomic E-state index is 0.158. The zero-order valence-electron chi connectivity index (χ0n) is 14.7. The summed E-state index contributed by atoms with van der Waals surface area (Å²) < 4.78 is 5.43. The van der Waals surface area contributed by atoms with Crippen molar-refractivity contribution in [2.45, 2.75) is 32.3 Å². The molecule has 0 radical (unpaired) electrons. The van der Waals surface area contributed by atoms with Gasteiger partial charge in [-0.25, -0.2) is 4.79 Å². The van der Waals surface area contributed by atoms with Gasteiger partial charge in [0.15, 0.2) is 6.10 Å². The topological polar surface area (TPSA) is 43.4 Å². The number of benzene rings is 3. The maximum atomic E-state index is 12.6. The van der Waals surface area contributed by atoms with Gasteiger partial charge in [-0.15, -0.1) is 0 Å². The van der Waals surface area contributed by atoms with Gasteiger partial charge in [-0.1, -0.05) is 42.5 Å². The summed E-state index contributed by atoms with van der Waals surface area (Å²) in [6, 6.07) is 19.1. The lowest BCUT2D eigenvalue weighted by molar-refractivity contribution is 0.0319. The molecule has 3 aromatic carbocycles. The van der Waals surface area contributed by atoms with Crippen LogP contribution in [0.15, 0.2) is 60.7 Å². The summed E-state index contributed by atoms with van der Waals surface area (Å²) in [4.78, 5) is 25.1. The van der Waals surface area contributed by atoms with Gasteiger partial charge in [0.1, 0.15) is 0 Å². The minimum Gasteiger partial charge on any atom is -0.451 e. The number of hydrogen-bond donors (Lipinski definition) is 0. The van der Waals surface area contributed by atoms with E-state index in [1.807, 2.05) is 48.5 Å². The molecule has 4 rings (SSSR count). The molecule has 0 amide bonds. The summed E-state index contributed by atoms with van der Waals surface area (Å²) in [6.07, 6.45) is 2.42. The maximum absolute atomic E-state index is 12.6. The smallest absolute Gasteiger partial charge is 0.338 e. The molecule has 0 heterocycles. The molecule has 26 heavy (non-hydrogen) atoms. The summed E-state index contributed by atoms with van der Waals surface area (Å²) in [7, 11) is 0. The molecule has 0 saturated heterocycles. The summed E-state index contributed by atoms with van der Waals surface area (Å²) in [5.41, 5.74) is 3.63. The highest BCUT2D eigenvalue weighted by molar-refractivity contribution is 6.02. The molecule has 0 aliphatic heterocycles. The second-order valence-electron chi connectivity index (χ2n) is 6.81. The van der Waals surface area contributed by atoms with Crippen molar-refractivity contribution in [3.63, 3.8) is 0 Å². The van der Waals surface area contributed by atoms with Gasteiger partial charge in [0.25, 0.3) is 0 Å². The van der Waals surface area contributed by atoms with Crippen molar-refractivity contribution in [3.05, 3.63) is 82.9 Å². The Hall–Kier alpha value is -2.94. The predicted molar refractivity (Wildman–Crippen MR) is 102 cm³/mol. The lowest BCUT2D eigenvalue weighted by atomic mass is 10.0. The van der Waals surface area contributed by atoms with E-state index >= 15 is 0 Å². The van der Waals surface area contributed by atoms with Crippen molar-refractivity contribution in [2.24, 2.45) is 0 Å². The van der Waals surface area contributed by atoms with Crippen LogP contribution in [0.2, 0.25) is 0 Å². The summed E-state index contributed by atoms with van der Waals surface area (Å²) in [6.45, 7) is 1.63. The third-order valence-corrected chi connectivity index (χ3v) is 5.02. The molecule has 3 nitrogen and oxygen atoms in total. The summed E-state index contributed by atoms with van der Waals surface area (Å²) >= 11 is 0. The SMILES string of the molecule is C[C@@H](OC(=O)c1ccc2ccccc2c1)C(=O)c1ccc2c(c1)CCC2. The van der Waals surface area contributed by atoms with Gasteiger partial charge in [0, 0.05) is 5.56 Å². The van der Waals surface area contributed by atoms with Gasteiger partial charge >= 0.3 is 5.97 Å². The number of aryl methyl sites for hydroxylation is 2. The van der Waals surface area contributed by atoms with Crippen LogP contribution in [-0.4, -0.2) is 17.9 Å². The first kappa shape index (κ1) is 16.5. The van der Waals surface area contributed by atoms with Crippen molar-refractivity contribution < 1.29 is 14.3 Å². The molecule has 1 aliphatic rings. The Kier molecular flexibility index (Phi) is 4.29. The first-order valence-electron chi connectivity index (χ1n) is 8.97. The van der Waals surface area contributed by atoms with Gasteiger partial charge in [-0.2, -0.15) is 0 Å². The zero-order valence-corrected chi connectivity index (χ0v) is 14.7. The van der Waals surface area contributed by atoms with Crippen molar-refractivity contribution in [2.75, 3.05) is 0 Å². The van der Waals surface area contributed by atoms with Crippen molar-refractivity contribution in [1.82, 2.24) is 0 Å². The fourth-order valence-electron chi connectivity index (χ4n) is 3.56. The quantitative estimate of drug-likeness (QED) is 0.506. The van der Waals surface area contributed by atoms with Crippen LogP contribution in [-0.2, 0) is 17.6 Å². The average Bonchev–Trinajstić information content (AvgIpc) is 3.14. The standard InChI is InChI=1S/C23H20O3/c1-15(22(24)20-11-9-17-7-4-8-19(17)13-20)26-23(25)21-12-10-16-5-2-3-6-18(16)14-21/h2-3,5-6,9-15H,4,7-8H2,1H3/t15-/m1/s1. The molecule has 0 N–H and O–H groups in total. The fourth-order valence-corrected chi connectivity index (χ4v) is 3.56. The Bertz CT molecular complexity index is 1000. The summed E-state index contributed by atoms with van der Waals surface area (Å²) in [5, 5.41) is 2.03. The monoisotopic (exact) mass is 344 g/mol. The normalized spacial score (nSPS) is 14.0. The largest absolute Gasteiger partial charge is 0.451 e. The fraction of sp³-hybridized carbons (Fsp3) is 0.217. The van der Waals surface area contributed by atoms with E-state index in [0.717, 1.165) is 30.0 Å². The number of Topliss-reactive ketones (excluding diaryl/α,β-unsaturated/α-hetero) is 1. The van der Waals surface area contributed by atoms with Gasteiger partial charge in [0.05, 0.1) is 5.56 Å². The first-order chi connectivity index (χ1) is 12.6. The molecule has 0 unspecified atom stereocenters. The number of ketones is 1. The van der Waals surface area contributed by atoms with Crippen LogP contribution < -0.4 is 0 Å². The average molecular weight is 344 g/mol. The summed E-state index contributed by atoms with van der Waals surface area (Å²) in [5.74, 6) is -0.633. The molecule has 3 heteroatoms. The number of fused-ring (bicyclic) bond motifs is 2. The second kappa shape index (κ2) is 6.75. The van der Waals surface area contributed by atoms with Crippen molar-refractivity contribution >= 4 is 22.5 Å². The van der Waals surface area contributed by atoms with E-state index in [2.05, 4.69) is 0 Å². The van der Waals surface area contributed by atoms with E-state index < -0.39 is 12.1 Å². The molecule has 0 fully saturated rings. The van der Waals surface area contributed by atoms with Gasteiger partial charge in [-0.05, 0) is 66.3 Å². The van der Waals surface area contributed by atoms with E-state index in [1.54, 1.807) is 19.1 Å². The molecule has 0 saturated carbocycles. The Morgan fingerprint density at radius 2 is 1.58 bits per heavy atom. The van der Waals surface area contributed by atoms with Gasteiger partial charge in [-0.3, -0.25) is 4.79 Å². The van der Waals surface area contributed by atoms with Crippen LogP contribution in [0, 0.1) is 0 Å². The van der Waals surface area contributed by atoms with Crippen LogP contribution >= 0.6 is 0 Å². The van der Waals surface area contributed by atoms with Crippen molar-refractivity contribution in [1.29, 1.82) is 0 Å². The number of esters is 1. The van der Waals surface area contributed by atoms with Crippen LogP contribution in [0.1, 0.15) is 45.2 Å². The Balaban J connectivity index is 1.50. The highest BCUT2D eigenvalue weighted by Crippen LogP contribution is 2.24. The zero-order chi connectivity index (χ0) is 18.1. The number of carbonyl (C=O) groups excluding carboxylic acids is 2. The van der Waals surface area contributed by atoms with E-state index in [0.29, 0.717) is 11.1 Å². The van der Waals surface area contributed by atoms with Crippen LogP contribution in [0.5, 0.6) is 0 Å². The van der Waals surface area contributed by atoms with Gasteiger partial charge in [0.2, 0.25) is 5.78 Å². The highest BCUT2D eigenvalue weighted by atomic mass is 16.5. The number of carbonyl (C=O) groups is 2. The molecule has 1 aliphatic carbocycles. The van der Waals surface area contributed by atoms with Crippen LogP contribution in [0.4, 0.5) is 0 Å². The molecular formula is C23H20O3. The molecule has 1 atom stereocenters. The van der Waals surface area contributed by atoms with E-state index in [-0.39, 0.29) is 5.78 Å². The third-order valence-electron chi connectivity index (χ3n) is 5.02. The molecular weight excluding hydrogens is 324 g/mol. The Labute approximate surface area is 152 Å². The number of hydrogen-bond acceptors (Lipinski definition) is 3. The predicted octanol–water partition coefficient (Wildman–Crippen LogP) is 4.76. The van der Waals surface area contributed by atoms with E-state index in [4.69, 9.17) is 4.74 Å². The molecule has 0 aromatic heterocycles. The first-order valence-corrected chi connectivity index (χ1v) is 8.97. The lowest BCUT2D eigenvalue weighted by Crippen LogP contribution is -2.24. The maximum Gasteiger partial charge on any atom is 0.338 e. The Morgan fingerprint density at radius 3 is 2.42 bits per heavy atom. The van der Waals surface area contributed by atoms with Crippen LogP contribution in [0.3, 0.4) is 0 Å². The van der Waals surface area contributed by atoms with E-state index in [1.165, 1.54) is 11.1 Å². The van der Waals surface area contributed by atoms with Gasteiger partial charge < -0.3 is 4.74 Å². The molecule has 130 valence electrons. The number of ether oxygens (including phenoxy) is 1. The minimum atomic E-state index is -0.812. The molecule has 0 spiro atoms. The van der Waals surface area contributed by atoms with E-state index in [9.17, 15) is 9.59 Å². The van der Waals surface area contributed by atoms with Crippen molar-refractivity contribution in [3.8, 4) is 0 Å². The number of rotatable bonds is 4. The second-order valence-corrected chi connectivity index (χ2v) is 6.81.